The van der Waals surface area contributed by atoms with E-state index in [1.165, 1.54) is 6.40 Å². The molecule has 0 aromatic carbocycles. The lowest BCUT2D eigenvalue weighted by Gasteiger charge is -1.93. The van der Waals surface area contributed by atoms with Crippen molar-refractivity contribution >= 4 is 23.7 Å². The van der Waals surface area contributed by atoms with Crippen LogP contribution in [0.3, 0.4) is 0 Å². The van der Waals surface area contributed by atoms with Crippen LogP contribution in [-0.2, 0) is 4.74 Å². The molecule has 0 rings (SSSR count). The van der Waals surface area contributed by atoms with Gasteiger partial charge >= 0.3 is 0 Å². The Labute approximate surface area is 59.1 Å². The van der Waals surface area contributed by atoms with E-state index in [1.807, 2.05) is 6.92 Å². The van der Waals surface area contributed by atoms with Crippen molar-refractivity contribution in [2.45, 2.75) is 6.92 Å². The summed E-state index contributed by atoms with van der Waals surface area (Å²) >= 11 is 4.44. The van der Waals surface area contributed by atoms with E-state index in [1.54, 1.807) is 0 Å². The van der Waals surface area contributed by atoms with Gasteiger partial charge in [-0.3, -0.25) is 5.43 Å². The van der Waals surface area contributed by atoms with Crippen LogP contribution < -0.4 is 11.2 Å². The molecule has 0 aliphatic heterocycles. The fourth-order valence-electron chi connectivity index (χ4n) is 0.202. The molecule has 3 N–H and O–H groups in total. The Hall–Kier alpha value is -0.840. The minimum Gasteiger partial charge on any atom is -0.482 e. The molecule has 0 saturated heterocycles. The van der Waals surface area contributed by atoms with Crippen molar-refractivity contribution in [1.29, 1.82) is 0 Å². The van der Waals surface area contributed by atoms with Gasteiger partial charge in [0, 0.05) is 0 Å². The normalized spacial score (nSPS) is 9.44. The summed E-state index contributed by atoms with van der Waals surface area (Å²) in [5, 5.41) is 3.63. The quantitative estimate of drug-likeness (QED) is 0.251. The molecule has 0 spiro atoms. The van der Waals surface area contributed by atoms with Gasteiger partial charge in [-0.1, -0.05) is 0 Å². The van der Waals surface area contributed by atoms with Gasteiger partial charge < -0.3 is 10.5 Å². The summed E-state index contributed by atoms with van der Waals surface area (Å²) in [7, 11) is 0. The van der Waals surface area contributed by atoms with Crippen molar-refractivity contribution in [2.24, 2.45) is 10.8 Å². The molecule has 0 amide bonds. The first-order valence-corrected chi connectivity index (χ1v) is 2.86. The molecule has 0 atom stereocenters. The number of hydrogen-bond acceptors (Lipinski definition) is 3. The maximum atomic E-state index is 5.03. The molecule has 0 bridgehead atoms. The van der Waals surface area contributed by atoms with Gasteiger partial charge in [0.1, 0.15) is 0 Å². The third-order valence-electron chi connectivity index (χ3n) is 0.469. The van der Waals surface area contributed by atoms with E-state index in [2.05, 4.69) is 22.7 Å². The van der Waals surface area contributed by atoms with Gasteiger partial charge in [0.25, 0.3) is 0 Å². The van der Waals surface area contributed by atoms with E-state index in [-0.39, 0.29) is 5.11 Å². The number of nitrogens with zero attached hydrogens (tertiary/aromatic N) is 1. The monoisotopic (exact) mass is 147 g/mol. The largest absolute Gasteiger partial charge is 0.482 e. The van der Waals surface area contributed by atoms with Crippen LogP contribution in [0.5, 0.6) is 0 Å². The average molecular weight is 147 g/mol. The van der Waals surface area contributed by atoms with Crippen LogP contribution in [0, 0.1) is 0 Å². The Morgan fingerprint density at radius 1 is 2.00 bits per heavy atom. The number of hydrogen-bond donors (Lipinski definition) is 2. The number of thiocarbonyl (C=S) groups is 1. The van der Waals surface area contributed by atoms with Crippen LogP contribution in [0.1, 0.15) is 6.92 Å². The van der Waals surface area contributed by atoms with Crippen LogP contribution >= 0.6 is 12.2 Å². The first kappa shape index (κ1) is 8.16. The van der Waals surface area contributed by atoms with E-state index in [4.69, 9.17) is 10.5 Å². The third kappa shape index (κ3) is 7.16. The molecule has 5 heteroatoms. The summed E-state index contributed by atoms with van der Waals surface area (Å²) in [5.74, 6) is 0. The predicted octanol–water partition coefficient (Wildman–Crippen LogP) is -0.201. The van der Waals surface area contributed by atoms with E-state index in [0.29, 0.717) is 6.61 Å². The van der Waals surface area contributed by atoms with Gasteiger partial charge in [-0.25, -0.2) is 0 Å². The highest BCUT2D eigenvalue weighted by molar-refractivity contribution is 7.80. The van der Waals surface area contributed by atoms with Crippen molar-refractivity contribution in [1.82, 2.24) is 5.43 Å². The van der Waals surface area contributed by atoms with Crippen LogP contribution in [-0.4, -0.2) is 18.1 Å². The Morgan fingerprint density at radius 3 is 3.11 bits per heavy atom. The smallest absolute Gasteiger partial charge is 0.192 e. The molecule has 0 unspecified atom stereocenters. The summed E-state index contributed by atoms with van der Waals surface area (Å²) in [6, 6.07) is 0. The maximum Gasteiger partial charge on any atom is 0.192 e. The van der Waals surface area contributed by atoms with E-state index < -0.39 is 0 Å². The molecule has 52 valence electrons. The second-order valence-corrected chi connectivity index (χ2v) is 1.61. The van der Waals surface area contributed by atoms with Gasteiger partial charge in [-0.05, 0) is 19.1 Å². The van der Waals surface area contributed by atoms with E-state index >= 15 is 0 Å². The maximum absolute atomic E-state index is 5.03. The van der Waals surface area contributed by atoms with Crippen LogP contribution in [0.4, 0.5) is 0 Å². The lowest BCUT2D eigenvalue weighted by atomic mass is 10.9. The van der Waals surface area contributed by atoms with Crippen molar-refractivity contribution < 1.29 is 4.74 Å². The summed E-state index contributed by atoms with van der Waals surface area (Å²) < 4.78 is 4.71. The standard InChI is InChI=1S/C4H9N3OS/c1-2-8-3-6-7-4(5)9/h3H,2H2,1H3,(H3,5,7,9). The number of rotatable bonds is 3. The van der Waals surface area contributed by atoms with Crippen LogP contribution in [0.2, 0.25) is 0 Å². The molecule has 0 aliphatic carbocycles. The zero-order valence-electron chi connectivity index (χ0n) is 5.13. The van der Waals surface area contributed by atoms with Gasteiger partial charge in [-0.2, -0.15) is 0 Å². The fourth-order valence-corrected chi connectivity index (χ4v) is 0.254. The van der Waals surface area contributed by atoms with Crippen LogP contribution in [0.15, 0.2) is 5.10 Å². The minimum absolute atomic E-state index is 0.131. The van der Waals surface area contributed by atoms with E-state index in [9.17, 15) is 0 Å². The molecular formula is C4H9N3OS. The fraction of sp³-hybridized carbons (Fsp3) is 0.500. The molecular weight excluding hydrogens is 138 g/mol. The highest BCUT2D eigenvalue weighted by Gasteiger charge is 1.76. The lowest BCUT2D eigenvalue weighted by Crippen LogP contribution is -2.24. The molecule has 9 heavy (non-hydrogen) atoms. The van der Waals surface area contributed by atoms with Crippen LogP contribution in [0.25, 0.3) is 0 Å². The van der Waals surface area contributed by atoms with Crippen molar-refractivity contribution in [3.8, 4) is 0 Å². The second kappa shape index (κ2) is 5.30. The highest BCUT2D eigenvalue weighted by Crippen LogP contribution is 1.63. The highest BCUT2D eigenvalue weighted by atomic mass is 32.1. The summed E-state index contributed by atoms with van der Waals surface area (Å²) in [4.78, 5) is 0. The van der Waals surface area contributed by atoms with E-state index in [0.717, 1.165) is 0 Å². The van der Waals surface area contributed by atoms with Gasteiger partial charge in [0.15, 0.2) is 11.5 Å². The Bertz CT molecular complexity index is 114. The van der Waals surface area contributed by atoms with Crippen molar-refractivity contribution in [3.05, 3.63) is 0 Å². The first-order valence-electron chi connectivity index (χ1n) is 2.46. The summed E-state index contributed by atoms with van der Waals surface area (Å²) in [5.41, 5.74) is 7.36. The SMILES string of the molecule is CCOC=NNC(N)=S. The minimum atomic E-state index is 0.131. The molecule has 0 saturated carbocycles. The third-order valence-corrected chi connectivity index (χ3v) is 0.560. The molecule has 0 radical (unpaired) electrons. The predicted molar refractivity (Wildman–Crippen MR) is 40.0 cm³/mol. The number of nitrogens with two attached hydrogens (primary N) is 1. The topological polar surface area (TPSA) is 59.6 Å². The molecule has 0 heterocycles. The molecule has 0 aliphatic rings. The Balaban J connectivity index is 3.14. The average Bonchev–Trinajstić information content (AvgIpc) is 1.80. The lowest BCUT2D eigenvalue weighted by molar-refractivity contribution is 0.341. The number of nitrogens with one attached hydrogen (secondary N) is 1. The van der Waals surface area contributed by atoms with Gasteiger partial charge in [0.2, 0.25) is 0 Å². The summed E-state index contributed by atoms with van der Waals surface area (Å²) in [6.45, 7) is 2.44. The molecule has 0 aromatic heterocycles. The zero-order valence-corrected chi connectivity index (χ0v) is 5.94. The molecule has 0 aromatic rings. The second-order valence-electron chi connectivity index (χ2n) is 1.17. The van der Waals surface area contributed by atoms with Crippen molar-refractivity contribution in [2.75, 3.05) is 6.61 Å². The summed E-state index contributed by atoms with van der Waals surface area (Å²) in [6.07, 6.45) is 1.25. The molecule has 4 nitrogen and oxygen atoms in total. The van der Waals surface area contributed by atoms with Gasteiger partial charge in [-0.15, -0.1) is 5.10 Å². The zero-order chi connectivity index (χ0) is 7.11. The molecule has 0 fully saturated rings. The Kier molecular flexibility index (Phi) is 4.81. The number of ether oxygens (including phenoxy) is 1. The first-order chi connectivity index (χ1) is 4.27. The van der Waals surface area contributed by atoms with Gasteiger partial charge in [0.05, 0.1) is 6.61 Å². The Morgan fingerprint density at radius 2 is 2.67 bits per heavy atom. The number of hydrazone groups is 1. The van der Waals surface area contributed by atoms with Crippen molar-refractivity contribution in [3.63, 3.8) is 0 Å².